The molecule has 8 heteroatoms. The molecule has 0 bridgehead atoms. The minimum atomic E-state index is -0.446. The van der Waals surface area contributed by atoms with E-state index in [0.29, 0.717) is 22.3 Å². The molecule has 34 heavy (non-hydrogen) atoms. The highest BCUT2D eigenvalue weighted by Gasteiger charge is 2.35. The molecule has 3 aromatic carbocycles. The summed E-state index contributed by atoms with van der Waals surface area (Å²) in [6, 6.07) is 20.2. The molecule has 0 radical (unpaired) electrons. The number of rotatable bonds is 7. The van der Waals surface area contributed by atoms with Crippen LogP contribution in [0.15, 0.2) is 71.8 Å². The molecule has 1 heterocycles. The molecule has 3 aromatic rings. The highest BCUT2D eigenvalue weighted by Crippen LogP contribution is 2.27. The van der Waals surface area contributed by atoms with E-state index in [0.717, 1.165) is 22.4 Å². The summed E-state index contributed by atoms with van der Waals surface area (Å²) in [5, 5.41) is 5.14. The molecule has 1 atom stereocenters. The van der Waals surface area contributed by atoms with Crippen LogP contribution in [0.25, 0.3) is 0 Å². The number of carbonyl (C=O) groups excluding carboxylic acids is 2. The second kappa shape index (κ2) is 10.7. The van der Waals surface area contributed by atoms with Crippen molar-refractivity contribution in [2.24, 2.45) is 11.0 Å². The van der Waals surface area contributed by atoms with Gasteiger partial charge in [-0.3, -0.25) is 9.59 Å². The number of halogens is 2. The van der Waals surface area contributed by atoms with E-state index >= 15 is 0 Å². The molecule has 1 N–H and O–H groups in total. The molecular weight excluding hydrogens is 473 g/mol. The Kier molecular flexibility index (Phi) is 7.50. The topological polar surface area (TPSA) is 71.0 Å². The van der Waals surface area contributed by atoms with Crippen LogP contribution in [0.5, 0.6) is 5.75 Å². The first-order chi connectivity index (χ1) is 16.4. The molecule has 1 saturated heterocycles. The molecule has 0 saturated carbocycles. The van der Waals surface area contributed by atoms with Gasteiger partial charge in [-0.15, -0.1) is 0 Å². The van der Waals surface area contributed by atoms with Gasteiger partial charge >= 0.3 is 0 Å². The number of aryl methyl sites for hydroxylation is 1. The lowest BCUT2D eigenvalue weighted by molar-refractivity contribution is -0.126. The quantitative estimate of drug-likeness (QED) is 0.353. The number of nitrogens with one attached hydrogen (secondary N) is 1. The van der Waals surface area contributed by atoms with Crippen molar-refractivity contribution >= 4 is 46.9 Å². The predicted octanol–water partition coefficient (Wildman–Crippen LogP) is 5.38. The number of ether oxygens (including phenoxy) is 1. The number of hydrazone groups is 1. The minimum Gasteiger partial charge on any atom is -0.489 e. The lowest BCUT2D eigenvalue weighted by Gasteiger charge is -2.16. The molecule has 174 valence electrons. The Bertz CT molecular complexity index is 1190. The maximum atomic E-state index is 12.5. The second-order valence-electron chi connectivity index (χ2n) is 8.03. The summed E-state index contributed by atoms with van der Waals surface area (Å²) in [6.07, 6.45) is 1.71. The summed E-state index contributed by atoms with van der Waals surface area (Å²) >= 11 is 12.3. The van der Waals surface area contributed by atoms with Gasteiger partial charge in [-0.2, -0.15) is 5.10 Å². The van der Waals surface area contributed by atoms with Crippen LogP contribution in [0.1, 0.15) is 23.1 Å². The summed E-state index contributed by atoms with van der Waals surface area (Å²) in [5.74, 6) is -0.145. The molecule has 0 aromatic heterocycles. The van der Waals surface area contributed by atoms with Crippen molar-refractivity contribution in [3.8, 4) is 5.75 Å². The van der Waals surface area contributed by atoms with Gasteiger partial charge in [-0.25, -0.2) is 5.43 Å². The van der Waals surface area contributed by atoms with Gasteiger partial charge in [0.1, 0.15) is 12.4 Å². The fourth-order valence-electron chi connectivity index (χ4n) is 3.60. The van der Waals surface area contributed by atoms with Crippen LogP contribution in [-0.2, 0) is 16.2 Å². The highest BCUT2D eigenvalue weighted by molar-refractivity contribution is 6.35. The number of hydrogen-bond donors (Lipinski definition) is 1. The van der Waals surface area contributed by atoms with E-state index in [1.54, 1.807) is 41.4 Å². The van der Waals surface area contributed by atoms with Gasteiger partial charge in [-0.05, 0) is 61.0 Å². The molecule has 6 nitrogen and oxygen atoms in total. The SMILES string of the molecule is Cc1ccc(N2C[C@H](C(=O)N/N=C/c3ccc(OCc4c(Cl)cccc4Cl)cc3)CC2=O)cc1. The summed E-state index contributed by atoms with van der Waals surface area (Å²) < 4.78 is 5.76. The first-order valence-corrected chi connectivity index (χ1v) is 11.5. The zero-order chi connectivity index (χ0) is 24.1. The van der Waals surface area contributed by atoms with Crippen molar-refractivity contribution in [2.75, 3.05) is 11.4 Å². The van der Waals surface area contributed by atoms with Crippen molar-refractivity contribution in [3.05, 3.63) is 93.5 Å². The van der Waals surface area contributed by atoms with Gasteiger partial charge in [0.05, 0.1) is 12.1 Å². The normalized spacial score (nSPS) is 15.7. The number of anilines is 1. The largest absolute Gasteiger partial charge is 0.489 e. The molecule has 1 aliphatic heterocycles. The number of nitrogens with zero attached hydrogens (tertiary/aromatic N) is 2. The van der Waals surface area contributed by atoms with E-state index < -0.39 is 5.92 Å². The predicted molar refractivity (Wildman–Crippen MR) is 135 cm³/mol. The number of amides is 2. The molecule has 0 unspecified atom stereocenters. The van der Waals surface area contributed by atoms with Crippen molar-refractivity contribution in [2.45, 2.75) is 20.0 Å². The van der Waals surface area contributed by atoms with Crippen LogP contribution in [0, 0.1) is 12.8 Å². The highest BCUT2D eigenvalue weighted by atomic mass is 35.5. The van der Waals surface area contributed by atoms with E-state index in [4.69, 9.17) is 27.9 Å². The molecule has 1 fully saturated rings. The number of carbonyl (C=O) groups is 2. The Morgan fingerprint density at radius 3 is 2.44 bits per heavy atom. The fourth-order valence-corrected chi connectivity index (χ4v) is 4.10. The van der Waals surface area contributed by atoms with Crippen molar-refractivity contribution in [1.82, 2.24) is 5.43 Å². The summed E-state index contributed by atoms with van der Waals surface area (Å²) in [7, 11) is 0. The van der Waals surface area contributed by atoms with Crippen molar-refractivity contribution in [3.63, 3.8) is 0 Å². The van der Waals surface area contributed by atoms with Crippen LogP contribution in [-0.4, -0.2) is 24.6 Å². The third-order valence-electron chi connectivity index (χ3n) is 5.55. The van der Waals surface area contributed by atoms with Gasteiger partial charge in [0.2, 0.25) is 11.8 Å². The molecule has 4 rings (SSSR count). The first-order valence-electron chi connectivity index (χ1n) is 10.8. The van der Waals surface area contributed by atoms with E-state index in [1.807, 2.05) is 43.3 Å². The van der Waals surface area contributed by atoms with Crippen LogP contribution in [0.2, 0.25) is 10.0 Å². The van der Waals surface area contributed by atoms with Crippen LogP contribution in [0.3, 0.4) is 0 Å². The Morgan fingerprint density at radius 2 is 1.76 bits per heavy atom. The van der Waals surface area contributed by atoms with Gasteiger partial charge < -0.3 is 9.64 Å². The monoisotopic (exact) mass is 495 g/mol. The third kappa shape index (κ3) is 5.76. The second-order valence-corrected chi connectivity index (χ2v) is 8.85. The molecule has 0 spiro atoms. The Morgan fingerprint density at radius 1 is 1.09 bits per heavy atom. The molecule has 0 aliphatic carbocycles. The van der Waals surface area contributed by atoms with E-state index in [9.17, 15) is 9.59 Å². The maximum Gasteiger partial charge on any atom is 0.245 e. The Labute approximate surface area is 208 Å². The minimum absolute atomic E-state index is 0.0679. The average Bonchev–Trinajstić information content (AvgIpc) is 3.22. The Hall–Kier alpha value is -3.35. The molecule has 1 aliphatic rings. The van der Waals surface area contributed by atoms with Crippen molar-refractivity contribution < 1.29 is 14.3 Å². The van der Waals surface area contributed by atoms with Crippen molar-refractivity contribution in [1.29, 1.82) is 0 Å². The Balaban J connectivity index is 1.28. The summed E-state index contributed by atoms with van der Waals surface area (Å²) in [4.78, 5) is 26.5. The van der Waals surface area contributed by atoms with E-state index in [2.05, 4.69) is 10.5 Å². The zero-order valence-corrected chi connectivity index (χ0v) is 20.0. The number of hydrogen-bond acceptors (Lipinski definition) is 4. The van der Waals surface area contributed by atoms with Crippen LogP contribution < -0.4 is 15.1 Å². The summed E-state index contributed by atoms with van der Waals surface area (Å²) in [5.41, 5.74) is 5.97. The van der Waals surface area contributed by atoms with Gasteiger partial charge in [-0.1, -0.05) is 47.0 Å². The maximum absolute atomic E-state index is 12.5. The number of benzene rings is 3. The third-order valence-corrected chi connectivity index (χ3v) is 6.26. The fraction of sp³-hybridized carbons (Fsp3) is 0.192. The van der Waals surface area contributed by atoms with Gasteiger partial charge in [0.25, 0.3) is 0 Å². The zero-order valence-electron chi connectivity index (χ0n) is 18.5. The summed E-state index contributed by atoms with van der Waals surface area (Å²) in [6.45, 7) is 2.58. The van der Waals surface area contributed by atoms with E-state index in [-0.39, 0.29) is 24.8 Å². The van der Waals surface area contributed by atoms with Crippen LogP contribution in [0.4, 0.5) is 5.69 Å². The first kappa shape index (κ1) is 23.8. The smallest absolute Gasteiger partial charge is 0.245 e. The van der Waals surface area contributed by atoms with Crippen LogP contribution >= 0.6 is 23.2 Å². The van der Waals surface area contributed by atoms with E-state index in [1.165, 1.54) is 0 Å². The standard InChI is InChI=1S/C26H23Cl2N3O3/c1-17-5-9-20(10-6-17)31-15-19(13-25(31)32)26(33)30-29-14-18-7-11-21(12-8-18)34-16-22-23(27)3-2-4-24(22)28/h2-12,14,19H,13,15-16H2,1H3,(H,30,33)/b29-14+/t19-/m1/s1. The lowest BCUT2D eigenvalue weighted by atomic mass is 10.1. The lowest BCUT2D eigenvalue weighted by Crippen LogP contribution is -2.30. The molecular formula is C26H23Cl2N3O3. The molecule has 2 amide bonds. The van der Waals surface area contributed by atoms with Gasteiger partial charge in [0, 0.05) is 34.3 Å². The van der Waals surface area contributed by atoms with Gasteiger partial charge in [0.15, 0.2) is 0 Å². The average molecular weight is 496 g/mol.